The zero-order chi connectivity index (χ0) is 13.5. The number of aryl methyl sites for hydroxylation is 1. The first-order valence-corrected chi connectivity index (χ1v) is 7.97. The third-order valence-electron chi connectivity index (χ3n) is 2.75. The van der Waals surface area contributed by atoms with Crippen LogP contribution in [0.15, 0.2) is 58.2 Å². The first-order valence-electron chi connectivity index (χ1n) is 6.19. The summed E-state index contributed by atoms with van der Waals surface area (Å²) in [5, 5.41) is 9.98. The summed E-state index contributed by atoms with van der Waals surface area (Å²) in [5.74, 6) is 0.724. The van der Waals surface area contributed by atoms with E-state index in [2.05, 4.69) is 33.0 Å². The molecule has 0 amide bonds. The first kappa shape index (κ1) is 14.6. The summed E-state index contributed by atoms with van der Waals surface area (Å²) in [4.78, 5) is 5.26. The molecule has 0 saturated carbocycles. The lowest BCUT2D eigenvalue weighted by molar-refractivity contribution is 0.189. The van der Waals surface area contributed by atoms with E-state index in [1.165, 1.54) is 10.5 Å². The lowest BCUT2D eigenvalue weighted by Crippen LogP contribution is -2.11. The molecule has 0 aliphatic heterocycles. The highest BCUT2D eigenvalue weighted by Crippen LogP contribution is 2.22. The summed E-state index contributed by atoms with van der Waals surface area (Å²) in [6, 6.07) is 12.1. The molecule has 0 saturated heterocycles. The van der Waals surface area contributed by atoms with Crippen molar-refractivity contribution in [1.29, 1.82) is 0 Å². The Bertz CT molecular complexity index is 489. The van der Waals surface area contributed by atoms with Gasteiger partial charge in [0.15, 0.2) is 0 Å². The van der Waals surface area contributed by atoms with E-state index in [0.29, 0.717) is 0 Å². The monoisotopic (exact) mass is 337 g/mol. The van der Waals surface area contributed by atoms with Crippen molar-refractivity contribution < 1.29 is 5.11 Å². The summed E-state index contributed by atoms with van der Waals surface area (Å²) in [6.45, 7) is 0. The third-order valence-corrected chi connectivity index (χ3v) is 4.43. The largest absolute Gasteiger partial charge is 0.392 e. The normalized spacial score (nSPS) is 12.3. The number of aromatic nitrogens is 1. The van der Waals surface area contributed by atoms with Crippen LogP contribution < -0.4 is 0 Å². The predicted octanol–water partition coefficient (Wildman–Crippen LogP) is 3.93. The van der Waals surface area contributed by atoms with Gasteiger partial charge in [0.1, 0.15) is 0 Å². The smallest absolute Gasteiger partial charge is 0.0637 e. The number of rotatable bonds is 6. The topological polar surface area (TPSA) is 33.1 Å². The van der Waals surface area contributed by atoms with Gasteiger partial charge in [-0.2, -0.15) is 0 Å². The molecule has 1 aromatic carbocycles. The van der Waals surface area contributed by atoms with Gasteiger partial charge in [0.25, 0.3) is 0 Å². The number of halogens is 1. The minimum atomic E-state index is -0.283. The van der Waals surface area contributed by atoms with Crippen LogP contribution in [0, 0.1) is 0 Å². The Hall–Kier alpha value is -0.840. The minimum absolute atomic E-state index is 0.283. The second-order valence-corrected chi connectivity index (χ2v) is 6.33. The second-order valence-electron chi connectivity index (χ2n) is 4.32. The van der Waals surface area contributed by atoms with Crippen molar-refractivity contribution >= 4 is 27.7 Å². The van der Waals surface area contributed by atoms with Crippen LogP contribution in [0.5, 0.6) is 0 Å². The number of pyridine rings is 1. The highest BCUT2D eigenvalue weighted by atomic mass is 79.9. The lowest BCUT2D eigenvalue weighted by Gasteiger charge is -2.10. The molecule has 19 heavy (non-hydrogen) atoms. The van der Waals surface area contributed by atoms with Crippen molar-refractivity contribution in [1.82, 2.24) is 4.98 Å². The summed E-state index contributed by atoms with van der Waals surface area (Å²) in [5.41, 5.74) is 1.18. The molecule has 0 fully saturated rings. The first-order chi connectivity index (χ1) is 9.24. The van der Waals surface area contributed by atoms with Crippen molar-refractivity contribution in [2.45, 2.75) is 23.8 Å². The Morgan fingerprint density at radius 1 is 1.21 bits per heavy atom. The fraction of sp³-hybridized carbons (Fsp3) is 0.267. The minimum Gasteiger partial charge on any atom is -0.392 e. The maximum Gasteiger partial charge on any atom is 0.0637 e. The molecule has 0 aliphatic rings. The summed E-state index contributed by atoms with van der Waals surface area (Å²) in [7, 11) is 0. The molecule has 100 valence electrons. The number of hydrogen-bond donors (Lipinski definition) is 1. The van der Waals surface area contributed by atoms with Gasteiger partial charge in [-0.1, -0.05) is 22.0 Å². The van der Waals surface area contributed by atoms with Crippen molar-refractivity contribution in [3.8, 4) is 0 Å². The molecule has 4 heteroatoms. The van der Waals surface area contributed by atoms with Gasteiger partial charge in [-0.25, -0.2) is 0 Å². The quantitative estimate of drug-likeness (QED) is 0.810. The molecule has 1 atom stereocenters. The molecule has 2 nitrogen and oxygen atoms in total. The average Bonchev–Trinajstić information content (AvgIpc) is 2.45. The van der Waals surface area contributed by atoms with Crippen LogP contribution in [0.4, 0.5) is 0 Å². The van der Waals surface area contributed by atoms with Gasteiger partial charge in [-0.15, -0.1) is 11.8 Å². The number of aliphatic hydroxyl groups excluding tert-OH is 1. The Balaban J connectivity index is 1.72. The van der Waals surface area contributed by atoms with Gasteiger partial charge in [-0.05, 0) is 48.7 Å². The van der Waals surface area contributed by atoms with Gasteiger partial charge in [0, 0.05) is 27.5 Å². The van der Waals surface area contributed by atoms with Crippen LogP contribution in [0.3, 0.4) is 0 Å². The molecular formula is C15H16BrNOS. The Morgan fingerprint density at radius 2 is 2.00 bits per heavy atom. The Labute approximate surface area is 126 Å². The number of benzene rings is 1. The fourth-order valence-electron chi connectivity index (χ4n) is 1.69. The van der Waals surface area contributed by atoms with E-state index in [1.54, 1.807) is 18.0 Å². The molecule has 1 aromatic heterocycles. The highest BCUT2D eigenvalue weighted by molar-refractivity contribution is 9.10. The Kier molecular flexibility index (Phi) is 5.89. The van der Waals surface area contributed by atoms with E-state index in [9.17, 15) is 5.11 Å². The van der Waals surface area contributed by atoms with Gasteiger partial charge < -0.3 is 5.11 Å². The van der Waals surface area contributed by atoms with Gasteiger partial charge >= 0.3 is 0 Å². The van der Waals surface area contributed by atoms with Crippen LogP contribution in [-0.2, 0) is 6.42 Å². The molecule has 0 aliphatic carbocycles. The van der Waals surface area contributed by atoms with E-state index < -0.39 is 0 Å². The van der Waals surface area contributed by atoms with Crippen molar-refractivity contribution in [2.24, 2.45) is 0 Å². The van der Waals surface area contributed by atoms with Crippen molar-refractivity contribution in [3.63, 3.8) is 0 Å². The molecule has 0 spiro atoms. The van der Waals surface area contributed by atoms with Gasteiger partial charge in [0.05, 0.1) is 6.10 Å². The molecule has 1 unspecified atom stereocenters. The number of thioether (sulfide) groups is 1. The highest BCUT2D eigenvalue weighted by Gasteiger charge is 2.06. The van der Waals surface area contributed by atoms with Crippen molar-refractivity contribution in [2.75, 3.05) is 5.75 Å². The lowest BCUT2D eigenvalue weighted by atomic mass is 10.1. The van der Waals surface area contributed by atoms with E-state index in [0.717, 1.165) is 23.1 Å². The number of nitrogens with zero attached hydrogens (tertiary/aromatic N) is 1. The van der Waals surface area contributed by atoms with E-state index in [4.69, 9.17) is 0 Å². The van der Waals surface area contributed by atoms with Crippen LogP contribution in [0.2, 0.25) is 0 Å². The van der Waals surface area contributed by atoms with Crippen molar-refractivity contribution in [3.05, 3.63) is 58.8 Å². The van der Waals surface area contributed by atoms with Crippen LogP contribution >= 0.6 is 27.7 Å². The Morgan fingerprint density at radius 3 is 2.68 bits per heavy atom. The number of aliphatic hydroxyl groups is 1. The zero-order valence-corrected chi connectivity index (χ0v) is 12.9. The molecule has 0 bridgehead atoms. The summed E-state index contributed by atoms with van der Waals surface area (Å²) < 4.78 is 1.08. The molecule has 1 heterocycles. The third kappa shape index (κ3) is 5.35. The standard InChI is InChI=1S/C15H16BrNOS/c16-13-4-7-15(8-5-13)19-11-14(18)6-3-12-2-1-9-17-10-12/h1-2,4-5,7-10,14,18H,3,6,11H2. The molecule has 1 N–H and O–H groups in total. The maximum atomic E-state index is 9.98. The maximum absolute atomic E-state index is 9.98. The predicted molar refractivity (Wildman–Crippen MR) is 83.4 cm³/mol. The van der Waals surface area contributed by atoms with E-state index >= 15 is 0 Å². The van der Waals surface area contributed by atoms with Gasteiger partial charge in [-0.3, -0.25) is 4.98 Å². The summed E-state index contributed by atoms with van der Waals surface area (Å²) in [6.07, 6.45) is 4.98. The molecular weight excluding hydrogens is 322 g/mol. The molecule has 0 radical (unpaired) electrons. The fourth-order valence-corrected chi connectivity index (χ4v) is 2.83. The molecule has 2 rings (SSSR count). The average molecular weight is 338 g/mol. The van der Waals surface area contributed by atoms with E-state index in [1.807, 2.05) is 30.5 Å². The zero-order valence-electron chi connectivity index (χ0n) is 10.5. The van der Waals surface area contributed by atoms with Crippen LogP contribution in [-0.4, -0.2) is 21.9 Å². The van der Waals surface area contributed by atoms with Crippen LogP contribution in [0.1, 0.15) is 12.0 Å². The van der Waals surface area contributed by atoms with Crippen LogP contribution in [0.25, 0.3) is 0 Å². The number of hydrogen-bond acceptors (Lipinski definition) is 3. The van der Waals surface area contributed by atoms with Gasteiger partial charge in [0.2, 0.25) is 0 Å². The molecule has 2 aromatic rings. The summed E-state index contributed by atoms with van der Waals surface area (Å²) >= 11 is 5.10. The SMILES string of the molecule is OC(CCc1cccnc1)CSc1ccc(Br)cc1. The van der Waals surface area contributed by atoms with E-state index in [-0.39, 0.29) is 6.10 Å². The second kappa shape index (κ2) is 7.68.